The van der Waals surface area contributed by atoms with Crippen molar-refractivity contribution in [2.24, 2.45) is 0 Å². The molecular formula is C13H14FNO4. The first-order chi connectivity index (χ1) is 8.99. The molecule has 0 bridgehead atoms. The van der Waals surface area contributed by atoms with E-state index in [4.69, 9.17) is 9.84 Å². The van der Waals surface area contributed by atoms with Gasteiger partial charge in [-0.2, -0.15) is 0 Å². The lowest BCUT2D eigenvalue weighted by molar-refractivity contribution is -0.154. The fourth-order valence-electron chi connectivity index (χ4n) is 1.96. The number of hydrogen-bond donors (Lipinski definition) is 1. The number of benzene rings is 1. The Bertz CT molecular complexity index is 517. The number of carboxylic acid groups (broad SMARTS) is 1. The molecule has 2 rings (SSSR count). The van der Waals surface area contributed by atoms with Crippen LogP contribution >= 0.6 is 0 Å². The van der Waals surface area contributed by atoms with Gasteiger partial charge >= 0.3 is 5.97 Å². The van der Waals surface area contributed by atoms with Crippen LogP contribution in [0.3, 0.4) is 0 Å². The maximum Gasteiger partial charge on any atom is 0.334 e. The van der Waals surface area contributed by atoms with Gasteiger partial charge in [-0.25, -0.2) is 9.18 Å². The van der Waals surface area contributed by atoms with Crippen LogP contribution in [0.25, 0.3) is 0 Å². The minimum Gasteiger partial charge on any atom is -0.479 e. The van der Waals surface area contributed by atoms with Crippen LogP contribution in [-0.2, 0) is 9.53 Å². The van der Waals surface area contributed by atoms with E-state index < -0.39 is 23.8 Å². The second-order valence-corrected chi connectivity index (χ2v) is 4.43. The number of aliphatic carboxylic acids is 1. The van der Waals surface area contributed by atoms with Crippen molar-refractivity contribution in [1.82, 2.24) is 4.90 Å². The molecule has 6 heteroatoms. The number of halogens is 1. The largest absolute Gasteiger partial charge is 0.479 e. The van der Waals surface area contributed by atoms with E-state index >= 15 is 0 Å². The summed E-state index contributed by atoms with van der Waals surface area (Å²) >= 11 is 0. The number of carbonyl (C=O) groups excluding carboxylic acids is 1. The average Bonchev–Trinajstić information content (AvgIpc) is 2.41. The summed E-state index contributed by atoms with van der Waals surface area (Å²) in [5.74, 6) is -2.23. The van der Waals surface area contributed by atoms with Crippen LogP contribution < -0.4 is 0 Å². The Morgan fingerprint density at radius 3 is 2.89 bits per heavy atom. The van der Waals surface area contributed by atoms with Crippen molar-refractivity contribution in [3.05, 3.63) is 35.1 Å². The van der Waals surface area contributed by atoms with Gasteiger partial charge in [0, 0.05) is 6.54 Å². The Hall–Kier alpha value is -1.95. The van der Waals surface area contributed by atoms with Gasteiger partial charge in [0.25, 0.3) is 5.91 Å². The van der Waals surface area contributed by atoms with Crippen molar-refractivity contribution in [3.8, 4) is 0 Å². The fraction of sp³-hybridized carbons (Fsp3) is 0.385. The van der Waals surface area contributed by atoms with Crippen LogP contribution in [0, 0.1) is 12.7 Å². The van der Waals surface area contributed by atoms with E-state index in [2.05, 4.69) is 0 Å². The monoisotopic (exact) mass is 267 g/mol. The van der Waals surface area contributed by atoms with Gasteiger partial charge in [0.2, 0.25) is 0 Å². The van der Waals surface area contributed by atoms with Crippen LogP contribution in [0.2, 0.25) is 0 Å². The van der Waals surface area contributed by atoms with Crippen LogP contribution in [0.5, 0.6) is 0 Å². The number of rotatable bonds is 2. The smallest absolute Gasteiger partial charge is 0.334 e. The Morgan fingerprint density at radius 1 is 1.47 bits per heavy atom. The molecule has 1 aliphatic heterocycles. The summed E-state index contributed by atoms with van der Waals surface area (Å²) in [6.45, 7) is 2.09. The van der Waals surface area contributed by atoms with Gasteiger partial charge in [-0.3, -0.25) is 4.79 Å². The van der Waals surface area contributed by atoms with Gasteiger partial charge < -0.3 is 14.7 Å². The predicted molar refractivity (Wildman–Crippen MR) is 64.4 cm³/mol. The minimum absolute atomic E-state index is 0.0361. The second-order valence-electron chi connectivity index (χ2n) is 4.43. The van der Waals surface area contributed by atoms with E-state index in [-0.39, 0.29) is 25.3 Å². The first kappa shape index (κ1) is 13.5. The third-order valence-corrected chi connectivity index (χ3v) is 2.98. The molecule has 0 radical (unpaired) electrons. The number of carboxylic acids is 1. The summed E-state index contributed by atoms with van der Waals surface area (Å²) in [6.07, 6.45) is -1.05. The van der Waals surface area contributed by atoms with Gasteiger partial charge in [0.05, 0.1) is 18.7 Å². The number of aryl methyl sites for hydroxylation is 1. The van der Waals surface area contributed by atoms with Crippen molar-refractivity contribution in [2.45, 2.75) is 13.0 Å². The van der Waals surface area contributed by atoms with Gasteiger partial charge in [-0.1, -0.05) is 11.6 Å². The lowest BCUT2D eigenvalue weighted by Crippen LogP contribution is -2.48. The molecule has 1 fully saturated rings. The number of nitrogens with zero attached hydrogens (tertiary/aromatic N) is 1. The van der Waals surface area contributed by atoms with Crippen molar-refractivity contribution >= 4 is 11.9 Å². The zero-order valence-electron chi connectivity index (χ0n) is 10.4. The molecule has 0 saturated carbocycles. The van der Waals surface area contributed by atoms with Crippen LogP contribution in [0.4, 0.5) is 4.39 Å². The summed E-state index contributed by atoms with van der Waals surface area (Å²) in [6, 6.07) is 4.27. The molecule has 102 valence electrons. The van der Waals surface area contributed by atoms with E-state index in [0.717, 1.165) is 5.56 Å². The van der Waals surface area contributed by atoms with Gasteiger partial charge in [-0.15, -0.1) is 0 Å². The van der Waals surface area contributed by atoms with Crippen molar-refractivity contribution in [3.63, 3.8) is 0 Å². The van der Waals surface area contributed by atoms with Gasteiger partial charge in [-0.05, 0) is 19.1 Å². The van der Waals surface area contributed by atoms with Gasteiger partial charge in [0.1, 0.15) is 5.82 Å². The normalized spacial score (nSPS) is 19.3. The van der Waals surface area contributed by atoms with Crippen LogP contribution in [0.15, 0.2) is 18.2 Å². The highest BCUT2D eigenvalue weighted by Crippen LogP contribution is 2.15. The second kappa shape index (κ2) is 5.36. The minimum atomic E-state index is -1.12. The molecule has 0 spiro atoms. The third-order valence-electron chi connectivity index (χ3n) is 2.98. The number of morpholine rings is 1. The summed E-state index contributed by atoms with van der Waals surface area (Å²) in [5.41, 5.74) is 0.735. The highest BCUT2D eigenvalue weighted by molar-refractivity contribution is 5.95. The number of carbonyl (C=O) groups is 2. The summed E-state index contributed by atoms with van der Waals surface area (Å²) in [4.78, 5) is 24.3. The SMILES string of the molecule is Cc1ccc(F)c(C(=O)N2CCO[C@@H](C(=O)O)C2)c1. The summed E-state index contributed by atoms with van der Waals surface area (Å²) in [7, 11) is 0. The van der Waals surface area contributed by atoms with Crippen molar-refractivity contribution < 1.29 is 23.8 Å². The molecule has 1 aromatic rings. The van der Waals surface area contributed by atoms with E-state index in [9.17, 15) is 14.0 Å². The average molecular weight is 267 g/mol. The Morgan fingerprint density at radius 2 is 2.21 bits per heavy atom. The lowest BCUT2D eigenvalue weighted by Gasteiger charge is -2.31. The maximum atomic E-state index is 13.6. The number of hydrogen-bond acceptors (Lipinski definition) is 3. The third kappa shape index (κ3) is 2.90. The molecule has 1 heterocycles. The van der Waals surface area contributed by atoms with E-state index in [1.54, 1.807) is 13.0 Å². The summed E-state index contributed by atoms with van der Waals surface area (Å²) < 4.78 is 18.7. The molecule has 1 aromatic carbocycles. The highest BCUT2D eigenvalue weighted by Gasteiger charge is 2.30. The van der Waals surface area contributed by atoms with E-state index in [1.165, 1.54) is 17.0 Å². The standard InChI is InChI=1S/C13H14FNO4/c1-8-2-3-10(14)9(6-8)12(16)15-4-5-19-11(7-15)13(17)18/h2-3,6,11H,4-5,7H2,1H3,(H,17,18)/t11-/m1/s1. The molecule has 0 aromatic heterocycles. The lowest BCUT2D eigenvalue weighted by atomic mass is 10.1. The molecule has 5 nitrogen and oxygen atoms in total. The van der Waals surface area contributed by atoms with Crippen LogP contribution in [-0.4, -0.2) is 47.7 Å². The predicted octanol–water partition coefficient (Wildman–Crippen LogP) is 1.06. The fourth-order valence-corrected chi connectivity index (χ4v) is 1.96. The Kier molecular flexibility index (Phi) is 3.80. The molecule has 1 atom stereocenters. The quantitative estimate of drug-likeness (QED) is 0.870. The van der Waals surface area contributed by atoms with Crippen LogP contribution in [0.1, 0.15) is 15.9 Å². The topological polar surface area (TPSA) is 66.8 Å². The number of amides is 1. The molecule has 1 aliphatic rings. The Labute approximate surface area is 109 Å². The summed E-state index contributed by atoms with van der Waals surface area (Å²) in [5, 5.41) is 8.87. The van der Waals surface area contributed by atoms with Gasteiger partial charge in [0.15, 0.2) is 6.10 Å². The number of ether oxygens (including phenoxy) is 1. The zero-order chi connectivity index (χ0) is 14.0. The molecule has 1 amide bonds. The molecule has 0 aliphatic carbocycles. The van der Waals surface area contributed by atoms with Crippen molar-refractivity contribution in [2.75, 3.05) is 19.7 Å². The first-order valence-corrected chi connectivity index (χ1v) is 5.89. The zero-order valence-corrected chi connectivity index (χ0v) is 10.4. The molecule has 1 N–H and O–H groups in total. The van der Waals surface area contributed by atoms with E-state index in [0.29, 0.717) is 0 Å². The highest BCUT2D eigenvalue weighted by atomic mass is 19.1. The van der Waals surface area contributed by atoms with E-state index in [1.807, 2.05) is 0 Å². The molecule has 1 saturated heterocycles. The Balaban J connectivity index is 2.19. The first-order valence-electron chi connectivity index (χ1n) is 5.89. The van der Waals surface area contributed by atoms with Crippen molar-refractivity contribution in [1.29, 1.82) is 0 Å². The molecule has 0 unspecified atom stereocenters. The molecule has 19 heavy (non-hydrogen) atoms. The maximum absolute atomic E-state index is 13.6. The molecular weight excluding hydrogens is 253 g/mol.